The van der Waals surface area contributed by atoms with Gasteiger partial charge < -0.3 is 10.5 Å². The largest absolute Gasteiger partial charge is 0.384 e. The van der Waals surface area contributed by atoms with Crippen molar-refractivity contribution in [2.24, 2.45) is 0 Å². The standard InChI is InChI=1S/C10H10N4O/c11-10-7-9(13-14(10)5-6-15)8-1-3-12-4-2-8/h1-4,6-7H,5,11H2. The van der Waals surface area contributed by atoms with E-state index in [2.05, 4.69) is 10.1 Å². The van der Waals surface area contributed by atoms with Crippen molar-refractivity contribution in [3.63, 3.8) is 0 Å². The third kappa shape index (κ3) is 1.85. The van der Waals surface area contributed by atoms with Crippen LogP contribution in [0.3, 0.4) is 0 Å². The Hall–Kier alpha value is -2.17. The molecular weight excluding hydrogens is 192 g/mol. The molecule has 0 saturated heterocycles. The molecule has 0 saturated carbocycles. The summed E-state index contributed by atoms with van der Waals surface area (Å²) in [5.74, 6) is 0.480. The van der Waals surface area contributed by atoms with Crippen molar-refractivity contribution in [3.8, 4) is 11.3 Å². The van der Waals surface area contributed by atoms with E-state index in [0.717, 1.165) is 17.5 Å². The Morgan fingerprint density at radius 1 is 1.40 bits per heavy atom. The number of carbonyl (C=O) groups excluding carboxylic acids is 1. The molecule has 0 spiro atoms. The number of hydrogen-bond acceptors (Lipinski definition) is 4. The van der Waals surface area contributed by atoms with E-state index in [1.54, 1.807) is 18.5 Å². The first-order chi connectivity index (χ1) is 7.31. The molecule has 0 aromatic carbocycles. The minimum atomic E-state index is 0.177. The lowest BCUT2D eigenvalue weighted by molar-refractivity contribution is -0.108. The molecule has 5 heteroatoms. The van der Waals surface area contributed by atoms with Gasteiger partial charge in [-0.15, -0.1) is 0 Å². The zero-order chi connectivity index (χ0) is 10.7. The van der Waals surface area contributed by atoms with Gasteiger partial charge in [0.15, 0.2) is 0 Å². The van der Waals surface area contributed by atoms with Crippen LogP contribution in [0.1, 0.15) is 0 Å². The predicted octanol–water partition coefficient (Wildman–Crippen LogP) is 0.726. The number of rotatable bonds is 3. The van der Waals surface area contributed by atoms with Crippen LogP contribution in [-0.2, 0) is 11.3 Å². The Labute approximate surface area is 86.5 Å². The second kappa shape index (κ2) is 3.91. The SMILES string of the molecule is Nc1cc(-c2ccncc2)nn1CC=O. The number of carbonyl (C=O) groups is 1. The lowest BCUT2D eigenvalue weighted by Gasteiger charge is -1.96. The summed E-state index contributed by atoms with van der Waals surface area (Å²) in [4.78, 5) is 14.3. The molecule has 0 aliphatic rings. The third-order valence-corrected chi connectivity index (χ3v) is 2.03. The van der Waals surface area contributed by atoms with Crippen LogP contribution in [0.25, 0.3) is 11.3 Å². The van der Waals surface area contributed by atoms with Crippen molar-refractivity contribution in [1.29, 1.82) is 0 Å². The maximum Gasteiger partial charge on any atom is 0.141 e. The number of nitrogens with two attached hydrogens (primary N) is 1. The minimum Gasteiger partial charge on any atom is -0.384 e. The maximum absolute atomic E-state index is 10.3. The van der Waals surface area contributed by atoms with Crippen LogP contribution in [0.5, 0.6) is 0 Å². The van der Waals surface area contributed by atoms with E-state index in [1.807, 2.05) is 12.1 Å². The smallest absolute Gasteiger partial charge is 0.141 e. The van der Waals surface area contributed by atoms with E-state index in [0.29, 0.717) is 5.82 Å². The monoisotopic (exact) mass is 202 g/mol. The second-order valence-electron chi connectivity index (χ2n) is 3.04. The van der Waals surface area contributed by atoms with E-state index in [-0.39, 0.29) is 6.54 Å². The van der Waals surface area contributed by atoms with Gasteiger partial charge in [0.1, 0.15) is 12.1 Å². The number of aromatic nitrogens is 3. The molecular formula is C10H10N4O. The molecule has 2 heterocycles. The summed E-state index contributed by atoms with van der Waals surface area (Å²) in [7, 11) is 0. The number of hydrogen-bond donors (Lipinski definition) is 1. The molecule has 15 heavy (non-hydrogen) atoms. The van der Waals surface area contributed by atoms with Crippen molar-refractivity contribution in [2.45, 2.75) is 6.54 Å². The Kier molecular flexibility index (Phi) is 2.45. The number of pyridine rings is 1. The molecule has 2 rings (SSSR count). The Bertz CT molecular complexity index is 464. The molecule has 2 aromatic heterocycles. The molecule has 0 aliphatic carbocycles. The van der Waals surface area contributed by atoms with Gasteiger partial charge in [-0.1, -0.05) is 0 Å². The predicted molar refractivity (Wildman–Crippen MR) is 55.9 cm³/mol. The van der Waals surface area contributed by atoms with Gasteiger partial charge >= 0.3 is 0 Å². The highest BCUT2D eigenvalue weighted by Crippen LogP contribution is 2.18. The van der Waals surface area contributed by atoms with Gasteiger partial charge in [0.2, 0.25) is 0 Å². The van der Waals surface area contributed by atoms with Crippen LogP contribution < -0.4 is 5.73 Å². The lowest BCUT2D eigenvalue weighted by atomic mass is 10.2. The Morgan fingerprint density at radius 3 is 2.80 bits per heavy atom. The summed E-state index contributed by atoms with van der Waals surface area (Å²) in [5, 5.41) is 4.20. The molecule has 76 valence electrons. The highest BCUT2D eigenvalue weighted by Gasteiger charge is 2.05. The average Bonchev–Trinajstić information content (AvgIpc) is 2.63. The summed E-state index contributed by atoms with van der Waals surface area (Å²) < 4.78 is 1.46. The lowest BCUT2D eigenvalue weighted by Crippen LogP contribution is -2.04. The van der Waals surface area contributed by atoms with Crippen molar-refractivity contribution in [3.05, 3.63) is 30.6 Å². The van der Waals surface area contributed by atoms with Gasteiger partial charge in [0.25, 0.3) is 0 Å². The number of anilines is 1. The second-order valence-corrected chi connectivity index (χ2v) is 3.04. The molecule has 2 aromatic rings. The van der Waals surface area contributed by atoms with Crippen molar-refractivity contribution in [1.82, 2.24) is 14.8 Å². The normalized spacial score (nSPS) is 10.1. The van der Waals surface area contributed by atoms with E-state index in [1.165, 1.54) is 4.68 Å². The molecule has 0 unspecified atom stereocenters. The van der Waals surface area contributed by atoms with Crippen molar-refractivity contribution < 1.29 is 4.79 Å². The van der Waals surface area contributed by atoms with Crippen LogP contribution in [0, 0.1) is 0 Å². The van der Waals surface area contributed by atoms with Crippen molar-refractivity contribution in [2.75, 3.05) is 5.73 Å². The van der Waals surface area contributed by atoms with Crippen LogP contribution in [0.15, 0.2) is 30.6 Å². The zero-order valence-electron chi connectivity index (χ0n) is 8.00. The fraction of sp³-hybridized carbons (Fsp3) is 0.100. The molecule has 0 radical (unpaired) electrons. The zero-order valence-corrected chi connectivity index (χ0v) is 8.00. The molecule has 0 fully saturated rings. The first kappa shape index (κ1) is 9.39. The number of nitrogen functional groups attached to an aromatic ring is 1. The molecule has 0 atom stereocenters. The molecule has 0 aliphatic heterocycles. The number of nitrogens with zero attached hydrogens (tertiary/aromatic N) is 3. The molecule has 2 N–H and O–H groups in total. The third-order valence-electron chi connectivity index (χ3n) is 2.03. The van der Waals surface area contributed by atoms with Gasteiger partial charge in [0.05, 0.1) is 12.2 Å². The average molecular weight is 202 g/mol. The van der Waals surface area contributed by atoms with Crippen LogP contribution in [0.2, 0.25) is 0 Å². The van der Waals surface area contributed by atoms with Crippen LogP contribution in [0.4, 0.5) is 5.82 Å². The highest BCUT2D eigenvalue weighted by molar-refractivity contribution is 5.62. The Balaban J connectivity index is 2.38. The van der Waals surface area contributed by atoms with E-state index < -0.39 is 0 Å². The van der Waals surface area contributed by atoms with Gasteiger partial charge in [-0.05, 0) is 12.1 Å². The summed E-state index contributed by atoms with van der Waals surface area (Å²) >= 11 is 0. The van der Waals surface area contributed by atoms with Crippen LogP contribution >= 0.6 is 0 Å². The first-order valence-electron chi connectivity index (χ1n) is 4.48. The minimum absolute atomic E-state index is 0.177. The fourth-order valence-corrected chi connectivity index (χ4v) is 1.31. The van der Waals surface area contributed by atoms with Gasteiger partial charge in [-0.25, -0.2) is 4.68 Å². The van der Waals surface area contributed by atoms with Gasteiger partial charge in [-0.2, -0.15) is 5.10 Å². The Morgan fingerprint density at radius 2 is 2.13 bits per heavy atom. The maximum atomic E-state index is 10.3. The highest BCUT2D eigenvalue weighted by atomic mass is 16.1. The topological polar surface area (TPSA) is 73.8 Å². The first-order valence-corrected chi connectivity index (χ1v) is 4.48. The molecule has 0 bridgehead atoms. The molecule has 0 amide bonds. The fourth-order valence-electron chi connectivity index (χ4n) is 1.31. The summed E-state index contributed by atoms with van der Waals surface area (Å²) in [5.41, 5.74) is 7.37. The van der Waals surface area contributed by atoms with E-state index in [4.69, 9.17) is 5.73 Å². The van der Waals surface area contributed by atoms with E-state index in [9.17, 15) is 4.79 Å². The number of aldehydes is 1. The van der Waals surface area contributed by atoms with Gasteiger partial charge in [-0.3, -0.25) is 4.98 Å². The van der Waals surface area contributed by atoms with Gasteiger partial charge in [0, 0.05) is 24.0 Å². The summed E-state index contributed by atoms with van der Waals surface area (Å²) in [6, 6.07) is 5.42. The quantitative estimate of drug-likeness (QED) is 0.744. The van der Waals surface area contributed by atoms with Crippen molar-refractivity contribution >= 4 is 12.1 Å². The van der Waals surface area contributed by atoms with E-state index >= 15 is 0 Å². The molecule has 5 nitrogen and oxygen atoms in total. The summed E-state index contributed by atoms with van der Waals surface area (Å²) in [6.07, 6.45) is 4.13. The summed E-state index contributed by atoms with van der Waals surface area (Å²) in [6.45, 7) is 0.177. The van der Waals surface area contributed by atoms with Crippen LogP contribution in [-0.4, -0.2) is 21.1 Å².